The third-order valence-corrected chi connectivity index (χ3v) is 7.12. The molecule has 0 aliphatic heterocycles. The lowest BCUT2D eigenvalue weighted by molar-refractivity contribution is 0.188. The number of nitrogens with one attached hydrogen (secondary N) is 1. The zero-order valence-electron chi connectivity index (χ0n) is 11.4. The van der Waals surface area contributed by atoms with Gasteiger partial charge in [-0.25, -0.2) is 18.1 Å². The lowest BCUT2D eigenvalue weighted by Gasteiger charge is -2.38. The van der Waals surface area contributed by atoms with Gasteiger partial charge in [0.2, 0.25) is 0 Å². The molecule has 1 atom stereocenters. The van der Waals surface area contributed by atoms with Crippen molar-refractivity contribution in [3.8, 4) is 0 Å². The van der Waals surface area contributed by atoms with Gasteiger partial charge in [-0.05, 0) is 25.2 Å². The van der Waals surface area contributed by atoms with Gasteiger partial charge in [0.1, 0.15) is 0 Å². The Hall–Kier alpha value is -0.170. The van der Waals surface area contributed by atoms with Gasteiger partial charge in [-0.3, -0.25) is 0 Å². The molecule has 1 heterocycles. The summed E-state index contributed by atoms with van der Waals surface area (Å²) in [5.74, 6) is 0. The SMILES string of the molecule is Cc1nc(Cl)sc1S(=O)(=O)NC1CCCCC1(C)C. The van der Waals surface area contributed by atoms with Crippen LogP contribution in [-0.2, 0) is 10.0 Å². The van der Waals surface area contributed by atoms with Gasteiger partial charge in [-0.15, -0.1) is 0 Å². The Morgan fingerprint density at radius 2 is 2.11 bits per heavy atom. The maximum Gasteiger partial charge on any atom is 0.252 e. The van der Waals surface area contributed by atoms with Gasteiger partial charge in [0.25, 0.3) is 10.0 Å². The Kier molecular flexibility index (Phi) is 4.26. The molecule has 1 aromatic rings. The van der Waals surface area contributed by atoms with E-state index < -0.39 is 10.0 Å². The highest BCUT2D eigenvalue weighted by molar-refractivity contribution is 7.91. The topological polar surface area (TPSA) is 59.1 Å². The standard InChI is InChI=1S/C12H19ClN2O2S2/c1-8-10(18-11(13)14-8)19(16,17)15-9-6-4-5-7-12(9,2)3/h9,15H,4-7H2,1-3H3. The molecule has 1 N–H and O–H groups in total. The smallest absolute Gasteiger partial charge is 0.229 e. The van der Waals surface area contributed by atoms with Gasteiger partial charge >= 0.3 is 0 Å². The van der Waals surface area contributed by atoms with E-state index in [4.69, 9.17) is 11.6 Å². The van der Waals surface area contributed by atoms with E-state index in [9.17, 15) is 8.42 Å². The van der Waals surface area contributed by atoms with Crippen molar-refractivity contribution >= 4 is 33.0 Å². The summed E-state index contributed by atoms with van der Waals surface area (Å²) in [6.07, 6.45) is 4.16. The van der Waals surface area contributed by atoms with Crippen LogP contribution in [0.2, 0.25) is 4.47 Å². The molecule has 0 bridgehead atoms. The average Bonchev–Trinajstić information content (AvgIpc) is 2.61. The van der Waals surface area contributed by atoms with Gasteiger partial charge in [-0.1, -0.05) is 49.6 Å². The maximum atomic E-state index is 12.4. The first-order valence-electron chi connectivity index (χ1n) is 6.38. The first kappa shape index (κ1) is 15.2. The van der Waals surface area contributed by atoms with Crippen LogP contribution in [0.3, 0.4) is 0 Å². The first-order chi connectivity index (χ1) is 8.72. The highest BCUT2D eigenvalue weighted by Gasteiger charge is 2.36. The van der Waals surface area contributed by atoms with E-state index in [2.05, 4.69) is 23.6 Å². The third kappa shape index (κ3) is 3.29. The van der Waals surface area contributed by atoms with E-state index in [-0.39, 0.29) is 20.1 Å². The monoisotopic (exact) mass is 322 g/mol. The quantitative estimate of drug-likeness (QED) is 0.928. The third-order valence-electron chi connectivity index (χ3n) is 3.78. The molecule has 1 saturated carbocycles. The summed E-state index contributed by atoms with van der Waals surface area (Å²) >= 11 is 6.80. The molecule has 0 saturated heterocycles. The van der Waals surface area contributed by atoms with Crippen molar-refractivity contribution in [2.75, 3.05) is 0 Å². The molecule has 2 rings (SSSR count). The largest absolute Gasteiger partial charge is 0.252 e. The molecule has 1 aromatic heterocycles. The highest BCUT2D eigenvalue weighted by Crippen LogP contribution is 2.37. The molecule has 4 nitrogen and oxygen atoms in total. The molecule has 1 unspecified atom stereocenters. The van der Waals surface area contributed by atoms with Gasteiger partial charge in [0.15, 0.2) is 8.68 Å². The van der Waals surface area contributed by atoms with Crippen LogP contribution in [0.15, 0.2) is 4.21 Å². The molecule has 19 heavy (non-hydrogen) atoms. The predicted molar refractivity (Wildman–Crippen MR) is 78.2 cm³/mol. The Morgan fingerprint density at radius 1 is 1.42 bits per heavy atom. The fraction of sp³-hybridized carbons (Fsp3) is 0.750. The number of sulfonamides is 1. The summed E-state index contributed by atoms with van der Waals surface area (Å²) in [6, 6.07) is -0.0217. The molecule has 0 radical (unpaired) electrons. The summed E-state index contributed by atoms with van der Waals surface area (Å²) in [7, 11) is -3.52. The number of thiazole rings is 1. The van der Waals surface area contributed by atoms with Crippen LogP contribution in [0.5, 0.6) is 0 Å². The van der Waals surface area contributed by atoms with Crippen LogP contribution in [0.25, 0.3) is 0 Å². The fourth-order valence-corrected chi connectivity index (χ4v) is 5.75. The second-order valence-corrected chi connectivity index (χ2v) is 9.24. The Labute approximate surface area is 123 Å². The van der Waals surface area contributed by atoms with Crippen LogP contribution in [0.1, 0.15) is 45.2 Å². The second-order valence-electron chi connectivity index (χ2n) is 5.75. The number of rotatable bonds is 3. The highest BCUT2D eigenvalue weighted by atomic mass is 35.5. The summed E-state index contributed by atoms with van der Waals surface area (Å²) in [4.78, 5) is 3.97. The number of hydrogen-bond acceptors (Lipinski definition) is 4. The van der Waals surface area contributed by atoms with E-state index >= 15 is 0 Å². The molecule has 7 heteroatoms. The van der Waals surface area contributed by atoms with Crippen LogP contribution >= 0.6 is 22.9 Å². The molecule has 1 aliphatic rings. The maximum absolute atomic E-state index is 12.4. The van der Waals surface area contributed by atoms with E-state index in [1.54, 1.807) is 6.92 Å². The fourth-order valence-electron chi connectivity index (χ4n) is 2.55. The number of halogens is 1. The Bertz CT molecular complexity index is 566. The minimum Gasteiger partial charge on any atom is -0.229 e. The summed E-state index contributed by atoms with van der Waals surface area (Å²) in [5, 5.41) is 0. The molecule has 1 fully saturated rings. The van der Waals surface area contributed by atoms with Crippen molar-refractivity contribution in [1.82, 2.24) is 9.71 Å². The van der Waals surface area contributed by atoms with E-state index in [0.29, 0.717) is 5.69 Å². The molecule has 0 spiro atoms. The van der Waals surface area contributed by atoms with E-state index in [1.807, 2.05) is 0 Å². The number of aryl methyl sites for hydroxylation is 1. The first-order valence-corrected chi connectivity index (χ1v) is 9.05. The van der Waals surface area contributed by atoms with Crippen molar-refractivity contribution in [1.29, 1.82) is 0 Å². The number of aromatic nitrogens is 1. The van der Waals surface area contributed by atoms with Crippen LogP contribution in [-0.4, -0.2) is 19.4 Å². The van der Waals surface area contributed by atoms with E-state index in [1.165, 1.54) is 0 Å². The number of hydrogen-bond donors (Lipinski definition) is 1. The predicted octanol–water partition coefficient (Wildman–Crippen LogP) is 3.35. The summed E-state index contributed by atoms with van der Waals surface area (Å²) in [5.41, 5.74) is 0.462. The molecule has 1 aliphatic carbocycles. The lowest BCUT2D eigenvalue weighted by Crippen LogP contribution is -2.46. The second kappa shape index (κ2) is 5.31. The Balaban J connectivity index is 2.24. The average molecular weight is 323 g/mol. The van der Waals surface area contributed by atoms with Crippen molar-refractivity contribution in [3.63, 3.8) is 0 Å². The van der Waals surface area contributed by atoms with Crippen molar-refractivity contribution in [2.45, 2.75) is 56.7 Å². The zero-order valence-corrected chi connectivity index (χ0v) is 13.8. The zero-order chi connectivity index (χ0) is 14.3. The van der Waals surface area contributed by atoms with Crippen molar-refractivity contribution in [2.24, 2.45) is 5.41 Å². The van der Waals surface area contributed by atoms with Gasteiger partial charge in [0, 0.05) is 6.04 Å². The van der Waals surface area contributed by atoms with E-state index in [0.717, 1.165) is 37.0 Å². The normalized spacial score (nSPS) is 23.5. The molecular formula is C12H19ClN2O2S2. The molecule has 0 amide bonds. The van der Waals surface area contributed by atoms with Crippen LogP contribution < -0.4 is 4.72 Å². The van der Waals surface area contributed by atoms with Gasteiger partial charge in [-0.2, -0.15) is 0 Å². The minimum absolute atomic E-state index is 0.00624. The van der Waals surface area contributed by atoms with Crippen LogP contribution in [0, 0.1) is 12.3 Å². The van der Waals surface area contributed by atoms with Gasteiger partial charge < -0.3 is 0 Å². The summed E-state index contributed by atoms with van der Waals surface area (Å²) < 4.78 is 28.2. The molecular weight excluding hydrogens is 304 g/mol. The van der Waals surface area contributed by atoms with Crippen molar-refractivity contribution in [3.05, 3.63) is 10.2 Å². The van der Waals surface area contributed by atoms with Crippen LogP contribution in [0.4, 0.5) is 0 Å². The van der Waals surface area contributed by atoms with Gasteiger partial charge in [0.05, 0.1) is 5.69 Å². The number of nitrogens with zero attached hydrogens (tertiary/aromatic N) is 1. The summed E-state index contributed by atoms with van der Waals surface area (Å²) in [6.45, 7) is 5.90. The molecule has 108 valence electrons. The Morgan fingerprint density at radius 3 is 2.63 bits per heavy atom. The van der Waals surface area contributed by atoms with Crippen molar-refractivity contribution < 1.29 is 8.42 Å². The molecule has 0 aromatic carbocycles. The minimum atomic E-state index is -3.52. The lowest BCUT2D eigenvalue weighted by atomic mass is 9.74.